The second-order valence-corrected chi connectivity index (χ2v) is 2.93. The van der Waals surface area contributed by atoms with E-state index in [1.54, 1.807) is 11.3 Å². The van der Waals surface area contributed by atoms with Crippen LogP contribution in [0.3, 0.4) is 0 Å². The zero-order valence-electron chi connectivity index (χ0n) is 10.4. The summed E-state index contributed by atoms with van der Waals surface area (Å²) < 4.78 is 0. The van der Waals surface area contributed by atoms with Crippen LogP contribution in [0.15, 0.2) is 6.20 Å². The molecule has 0 aliphatic rings. The van der Waals surface area contributed by atoms with E-state index in [-0.39, 0.29) is 0 Å². The Hall–Kier alpha value is -0.370. The van der Waals surface area contributed by atoms with Gasteiger partial charge in [0.05, 0.1) is 5.01 Å². The molecule has 0 amide bonds. The van der Waals surface area contributed by atoms with Gasteiger partial charge in [-0.25, -0.2) is 4.98 Å². The summed E-state index contributed by atoms with van der Waals surface area (Å²) in [6.07, 6.45) is 1.89. The first-order valence-electron chi connectivity index (χ1n) is 5.18. The number of aromatic nitrogens is 1. The predicted octanol–water partition coefficient (Wildman–Crippen LogP) is 4.84. The highest BCUT2D eigenvalue weighted by Gasteiger charge is 1.86. The van der Waals surface area contributed by atoms with Crippen molar-refractivity contribution in [2.45, 2.75) is 55.4 Å². The summed E-state index contributed by atoms with van der Waals surface area (Å²) >= 11 is 1.73. The van der Waals surface area contributed by atoms with E-state index in [2.05, 4.69) is 11.9 Å². The molecule has 0 aliphatic carbocycles. The average Bonchev–Trinajstić information content (AvgIpc) is 2.60. The molecule has 0 saturated heterocycles. The number of hydrogen-bond acceptors (Lipinski definition) is 2. The fraction of sp³-hybridized carbons (Fsp3) is 0.727. The van der Waals surface area contributed by atoms with Crippen molar-refractivity contribution in [3.63, 3.8) is 0 Å². The molecule has 80 valence electrons. The molecule has 1 aromatic rings. The van der Waals surface area contributed by atoms with E-state index in [4.69, 9.17) is 0 Å². The minimum atomic E-state index is 1.15. The number of rotatable bonds is 0. The van der Waals surface area contributed by atoms with Crippen LogP contribution in [0.25, 0.3) is 0 Å². The van der Waals surface area contributed by atoms with Crippen molar-refractivity contribution in [3.05, 3.63) is 16.1 Å². The largest absolute Gasteiger partial charge is 0.250 e. The Balaban J connectivity index is -0.000000144. The number of aryl methyl sites for hydroxylation is 2. The van der Waals surface area contributed by atoms with E-state index in [0.717, 1.165) is 5.01 Å². The predicted molar refractivity (Wildman–Crippen MR) is 65.6 cm³/mol. The number of thiazole rings is 1. The zero-order chi connectivity index (χ0) is 11.3. The van der Waals surface area contributed by atoms with Gasteiger partial charge in [-0.3, -0.25) is 0 Å². The highest BCUT2D eigenvalue weighted by molar-refractivity contribution is 7.11. The third kappa shape index (κ3) is 14.5. The van der Waals surface area contributed by atoms with Gasteiger partial charge in [0.15, 0.2) is 0 Å². The minimum absolute atomic E-state index is 1.15. The van der Waals surface area contributed by atoms with E-state index in [1.165, 1.54) is 4.88 Å². The second kappa shape index (κ2) is 17.6. The lowest BCUT2D eigenvalue weighted by molar-refractivity contribution is 1.28. The summed E-state index contributed by atoms with van der Waals surface area (Å²) in [6, 6.07) is 0. The third-order valence-electron chi connectivity index (χ3n) is 0.737. The van der Waals surface area contributed by atoms with Crippen molar-refractivity contribution < 1.29 is 0 Å². The Morgan fingerprint density at radius 1 is 0.923 bits per heavy atom. The van der Waals surface area contributed by atoms with Crippen LogP contribution in [0, 0.1) is 13.8 Å². The highest BCUT2D eigenvalue weighted by Crippen LogP contribution is 2.07. The van der Waals surface area contributed by atoms with Gasteiger partial charge in [0.2, 0.25) is 0 Å². The molecular weight excluding hydrogens is 178 g/mol. The van der Waals surface area contributed by atoms with Crippen LogP contribution >= 0.6 is 11.3 Å². The lowest BCUT2D eigenvalue weighted by Crippen LogP contribution is -1.57. The standard InChI is InChI=1S/C5H7NS.3C2H6/c1-4-3-6-5(2)7-4;3*1-2/h3H,1-2H3;3*1-2H3. The SMILES string of the molecule is CC.CC.CC.Cc1cnc(C)s1. The van der Waals surface area contributed by atoms with Crippen LogP contribution in [0.4, 0.5) is 0 Å². The highest BCUT2D eigenvalue weighted by atomic mass is 32.1. The summed E-state index contributed by atoms with van der Waals surface area (Å²) in [5, 5.41) is 1.15. The van der Waals surface area contributed by atoms with E-state index in [9.17, 15) is 0 Å². The molecule has 2 heteroatoms. The molecule has 0 radical (unpaired) electrons. The smallest absolute Gasteiger partial charge is 0.0896 e. The molecule has 0 saturated carbocycles. The van der Waals surface area contributed by atoms with Crippen LogP contribution in [0.1, 0.15) is 51.4 Å². The Labute approximate surface area is 88.2 Å². The maximum absolute atomic E-state index is 4.03. The monoisotopic (exact) mass is 203 g/mol. The maximum atomic E-state index is 4.03. The fourth-order valence-corrected chi connectivity index (χ4v) is 1.14. The quantitative estimate of drug-likeness (QED) is 0.588. The van der Waals surface area contributed by atoms with Crippen molar-refractivity contribution in [2.24, 2.45) is 0 Å². The third-order valence-corrected chi connectivity index (χ3v) is 1.57. The molecule has 0 bridgehead atoms. The molecule has 1 heterocycles. The van der Waals surface area contributed by atoms with Gasteiger partial charge >= 0.3 is 0 Å². The van der Waals surface area contributed by atoms with E-state index in [1.807, 2.05) is 54.7 Å². The molecule has 1 rings (SSSR count). The van der Waals surface area contributed by atoms with Gasteiger partial charge in [-0.15, -0.1) is 11.3 Å². The molecular formula is C11H25NS. The zero-order valence-corrected chi connectivity index (χ0v) is 11.2. The summed E-state index contributed by atoms with van der Waals surface area (Å²) in [6.45, 7) is 16.1. The molecule has 0 fully saturated rings. The van der Waals surface area contributed by atoms with Gasteiger partial charge in [0.25, 0.3) is 0 Å². The van der Waals surface area contributed by atoms with Crippen LogP contribution in [0.2, 0.25) is 0 Å². The van der Waals surface area contributed by atoms with Crippen molar-refractivity contribution in [1.82, 2.24) is 4.98 Å². The van der Waals surface area contributed by atoms with Crippen LogP contribution < -0.4 is 0 Å². The fourth-order valence-electron chi connectivity index (χ4n) is 0.467. The maximum Gasteiger partial charge on any atom is 0.0896 e. The topological polar surface area (TPSA) is 12.9 Å². The summed E-state index contributed by atoms with van der Waals surface area (Å²) in [5.74, 6) is 0. The van der Waals surface area contributed by atoms with Crippen molar-refractivity contribution in [2.75, 3.05) is 0 Å². The molecule has 1 aromatic heterocycles. The molecule has 0 spiro atoms. The normalized spacial score (nSPS) is 6.46. The number of nitrogens with zero attached hydrogens (tertiary/aromatic N) is 1. The first-order chi connectivity index (χ1) is 6.29. The lowest BCUT2D eigenvalue weighted by Gasteiger charge is -1.68. The molecule has 0 aromatic carbocycles. The van der Waals surface area contributed by atoms with E-state index in [0.29, 0.717) is 0 Å². The Morgan fingerprint density at radius 2 is 1.31 bits per heavy atom. The van der Waals surface area contributed by atoms with Crippen LogP contribution in [-0.2, 0) is 0 Å². The molecule has 0 unspecified atom stereocenters. The van der Waals surface area contributed by atoms with Crippen LogP contribution in [-0.4, -0.2) is 4.98 Å². The lowest BCUT2D eigenvalue weighted by atomic mass is 10.6. The van der Waals surface area contributed by atoms with Gasteiger partial charge < -0.3 is 0 Å². The molecule has 13 heavy (non-hydrogen) atoms. The molecule has 0 N–H and O–H groups in total. The number of hydrogen-bond donors (Lipinski definition) is 0. The summed E-state index contributed by atoms with van der Waals surface area (Å²) in [7, 11) is 0. The minimum Gasteiger partial charge on any atom is -0.250 e. The van der Waals surface area contributed by atoms with Crippen LogP contribution in [0.5, 0.6) is 0 Å². The molecule has 0 aliphatic heterocycles. The molecule has 0 atom stereocenters. The molecule has 1 nitrogen and oxygen atoms in total. The van der Waals surface area contributed by atoms with Crippen molar-refractivity contribution >= 4 is 11.3 Å². The first-order valence-corrected chi connectivity index (χ1v) is 6.00. The second-order valence-electron chi connectivity index (χ2n) is 1.49. The average molecular weight is 203 g/mol. The van der Waals surface area contributed by atoms with E-state index < -0.39 is 0 Å². The first kappa shape index (κ1) is 18.4. The van der Waals surface area contributed by atoms with Gasteiger partial charge in [0.1, 0.15) is 0 Å². The summed E-state index contributed by atoms with van der Waals surface area (Å²) in [5.41, 5.74) is 0. The van der Waals surface area contributed by atoms with Crippen molar-refractivity contribution in [3.8, 4) is 0 Å². The summed E-state index contributed by atoms with van der Waals surface area (Å²) in [4.78, 5) is 5.32. The Kier molecular flexibility index (Phi) is 25.0. The van der Waals surface area contributed by atoms with Gasteiger partial charge in [0, 0.05) is 11.1 Å². The van der Waals surface area contributed by atoms with Gasteiger partial charge in [-0.2, -0.15) is 0 Å². The van der Waals surface area contributed by atoms with E-state index >= 15 is 0 Å². The Bertz CT molecular complexity index is 142. The van der Waals surface area contributed by atoms with Crippen molar-refractivity contribution in [1.29, 1.82) is 0 Å². The van der Waals surface area contributed by atoms with Gasteiger partial charge in [-0.1, -0.05) is 41.5 Å². The van der Waals surface area contributed by atoms with Gasteiger partial charge in [-0.05, 0) is 13.8 Å². The Morgan fingerprint density at radius 3 is 1.38 bits per heavy atom.